The zero-order chi connectivity index (χ0) is 19.6. The molecule has 3 aromatic carbocycles. The van der Waals surface area contributed by atoms with Crippen LogP contribution in [0.3, 0.4) is 0 Å². The van der Waals surface area contributed by atoms with Crippen LogP contribution in [0.1, 0.15) is 11.4 Å². The summed E-state index contributed by atoms with van der Waals surface area (Å²) in [5.74, 6) is 1.39. The highest BCUT2D eigenvalue weighted by Crippen LogP contribution is 2.22. The summed E-state index contributed by atoms with van der Waals surface area (Å²) >= 11 is 0. The number of imidazole rings is 2. The van der Waals surface area contributed by atoms with Crippen molar-refractivity contribution in [3.8, 4) is 11.4 Å². The molecule has 2 heterocycles. The molecule has 5 rings (SSSR count). The van der Waals surface area contributed by atoms with Crippen LogP contribution in [0.2, 0.25) is 0 Å². The average molecular weight is 382 g/mol. The highest BCUT2D eigenvalue weighted by atomic mass is 19.1. The number of nitrogens with zero attached hydrogens (tertiary/aromatic N) is 4. The molecule has 5 heteroatoms. The van der Waals surface area contributed by atoms with Crippen molar-refractivity contribution >= 4 is 11.0 Å². The highest BCUT2D eigenvalue weighted by molar-refractivity contribution is 5.76. The van der Waals surface area contributed by atoms with Crippen LogP contribution in [0.15, 0.2) is 91.3 Å². The van der Waals surface area contributed by atoms with Crippen molar-refractivity contribution in [3.05, 3.63) is 108 Å². The van der Waals surface area contributed by atoms with Crippen molar-refractivity contribution < 1.29 is 4.39 Å². The van der Waals surface area contributed by atoms with Crippen molar-refractivity contribution in [2.75, 3.05) is 0 Å². The molecule has 142 valence electrons. The number of para-hydroxylation sites is 2. The van der Waals surface area contributed by atoms with Crippen LogP contribution < -0.4 is 0 Å². The lowest BCUT2D eigenvalue weighted by Gasteiger charge is -2.12. The van der Waals surface area contributed by atoms with Gasteiger partial charge in [0.05, 0.1) is 17.6 Å². The van der Waals surface area contributed by atoms with Gasteiger partial charge in [-0.2, -0.15) is 0 Å². The Labute approximate surface area is 167 Å². The Morgan fingerprint density at radius 1 is 0.828 bits per heavy atom. The lowest BCUT2D eigenvalue weighted by Crippen LogP contribution is -2.10. The molecule has 0 unspecified atom stereocenters. The van der Waals surface area contributed by atoms with Crippen molar-refractivity contribution in [1.29, 1.82) is 0 Å². The number of aromatic nitrogens is 4. The summed E-state index contributed by atoms with van der Waals surface area (Å²) in [7, 11) is 0. The number of hydrogen-bond acceptors (Lipinski definition) is 2. The SMILES string of the molecule is Fc1cccc(-c2nccn2Cc2nc3ccccc3n2Cc2ccccc2)c1. The first-order chi connectivity index (χ1) is 14.3. The van der Waals surface area contributed by atoms with Gasteiger partial charge in [-0.05, 0) is 29.8 Å². The summed E-state index contributed by atoms with van der Waals surface area (Å²) in [5.41, 5.74) is 4.03. The summed E-state index contributed by atoms with van der Waals surface area (Å²) in [6, 6.07) is 25.0. The van der Waals surface area contributed by atoms with Crippen LogP contribution in [0.5, 0.6) is 0 Å². The predicted octanol–water partition coefficient (Wildman–Crippen LogP) is 5.14. The van der Waals surface area contributed by atoms with Crippen LogP contribution >= 0.6 is 0 Å². The Kier molecular flexibility index (Phi) is 4.41. The quantitative estimate of drug-likeness (QED) is 0.422. The van der Waals surface area contributed by atoms with Gasteiger partial charge in [-0.15, -0.1) is 0 Å². The molecule has 2 aromatic heterocycles. The molecule has 0 bridgehead atoms. The zero-order valence-electron chi connectivity index (χ0n) is 15.7. The van der Waals surface area contributed by atoms with E-state index < -0.39 is 0 Å². The minimum atomic E-state index is -0.270. The smallest absolute Gasteiger partial charge is 0.140 e. The van der Waals surface area contributed by atoms with Gasteiger partial charge >= 0.3 is 0 Å². The molecule has 0 aliphatic carbocycles. The molecule has 4 nitrogen and oxygen atoms in total. The third-order valence-electron chi connectivity index (χ3n) is 5.03. The van der Waals surface area contributed by atoms with Crippen molar-refractivity contribution in [2.45, 2.75) is 13.1 Å². The second-order valence-electron chi connectivity index (χ2n) is 6.98. The first-order valence-electron chi connectivity index (χ1n) is 9.53. The van der Waals surface area contributed by atoms with Crippen molar-refractivity contribution in [3.63, 3.8) is 0 Å². The maximum absolute atomic E-state index is 13.7. The van der Waals surface area contributed by atoms with E-state index in [1.807, 2.05) is 53.2 Å². The van der Waals surface area contributed by atoms with Crippen LogP contribution in [-0.2, 0) is 13.1 Å². The topological polar surface area (TPSA) is 35.6 Å². The number of fused-ring (bicyclic) bond motifs is 1. The fourth-order valence-corrected chi connectivity index (χ4v) is 3.67. The van der Waals surface area contributed by atoms with Gasteiger partial charge in [0.15, 0.2) is 0 Å². The molecule has 0 aliphatic heterocycles. The maximum Gasteiger partial charge on any atom is 0.140 e. The lowest BCUT2D eigenvalue weighted by atomic mass is 10.2. The van der Waals surface area contributed by atoms with Gasteiger partial charge in [-0.1, -0.05) is 54.6 Å². The van der Waals surface area contributed by atoms with Crippen LogP contribution in [0.4, 0.5) is 4.39 Å². The minimum absolute atomic E-state index is 0.270. The highest BCUT2D eigenvalue weighted by Gasteiger charge is 2.14. The summed E-state index contributed by atoms with van der Waals surface area (Å²) in [6.07, 6.45) is 3.65. The number of rotatable bonds is 5. The van der Waals surface area contributed by atoms with E-state index in [2.05, 4.69) is 27.8 Å². The first-order valence-corrected chi connectivity index (χ1v) is 9.53. The van der Waals surface area contributed by atoms with Gasteiger partial charge in [0.1, 0.15) is 17.5 Å². The van der Waals surface area contributed by atoms with E-state index in [0.29, 0.717) is 6.54 Å². The molecule has 0 aliphatic rings. The molecule has 0 fully saturated rings. The zero-order valence-corrected chi connectivity index (χ0v) is 15.7. The van der Waals surface area contributed by atoms with Gasteiger partial charge in [-0.25, -0.2) is 14.4 Å². The van der Waals surface area contributed by atoms with Gasteiger partial charge in [0, 0.05) is 24.5 Å². The first kappa shape index (κ1) is 17.4. The van der Waals surface area contributed by atoms with Crippen LogP contribution in [0, 0.1) is 5.82 Å². The van der Waals surface area contributed by atoms with E-state index in [4.69, 9.17) is 4.98 Å². The Balaban J connectivity index is 1.57. The summed E-state index contributed by atoms with van der Waals surface area (Å²) < 4.78 is 18.0. The number of hydrogen-bond donors (Lipinski definition) is 0. The molecule has 0 atom stereocenters. The van der Waals surface area contributed by atoms with Gasteiger partial charge < -0.3 is 9.13 Å². The molecular formula is C24H19FN4. The lowest BCUT2D eigenvalue weighted by molar-refractivity contribution is 0.627. The van der Waals surface area contributed by atoms with Gasteiger partial charge in [0.2, 0.25) is 0 Å². The maximum atomic E-state index is 13.7. The van der Waals surface area contributed by atoms with E-state index in [1.165, 1.54) is 17.7 Å². The van der Waals surface area contributed by atoms with E-state index in [-0.39, 0.29) is 5.82 Å². The Morgan fingerprint density at radius 3 is 2.52 bits per heavy atom. The van der Waals surface area contributed by atoms with E-state index in [9.17, 15) is 4.39 Å². The second kappa shape index (κ2) is 7.36. The molecule has 0 saturated heterocycles. The molecule has 0 amide bonds. The molecule has 0 spiro atoms. The van der Waals surface area contributed by atoms with Crippen molar-refractivity contribution in [1.82, 2.24) is 19.1 Å². The number of benzene rings is 3. The third-order valence-corrected chi connectivity index (χ3v) is 5.03. The average Bonchev–Trinajstić information content (AvgIpc) is 3.34. The molecule has 0 saturated carbocycles. The molecule has 0 N–H and O–H groups in total. The predicted molar refractivity (Wildman–Crippen MR) is 112 cm³/mol. The minimum Gasteiger partial charge on any atom is -0.323 e. The van der Waals surface area contributed by atoms with Crippen LogP contribution in [-0.4, -0.2) is 19.1 Å². The van der Waals surface area contributed by atoms with E-state index in [1.54, 1.807) is 12.3 Å². The molecule has 5 aromatic rings. The third kappa shape index (κ3) is 3.43. The summed E-state index contributed by atoms with van der Waals surface area (Å²) in [6.45, 7) is 1.29. The Bertz CT molecular complexity index is 1270. The van der Waals surface area contributed by atoms with Crippen molar-refractivity contribution in [2.24, 2.45) is 0 Å². The summed E-state index contributed by atoms with van der Waals surface area (Å²) in [5, 5.41) is 0. The fraction of sp³-hybridized carbons (Fsp3) is 0.0833. The van der Waals surface area contributed by atoms with Crippen LogP contribution in [0.25, 0.3) is 22.4 Å². The normalized spacial score (nSPS) is 11.2. The molecular weight excluding hydrogens is 363 g/mol. The second-order valence-corrected chi connectivity index (χ2v) is 6.98. The largest absolute Gasteiger partial charge is 0.323 e. The number of halogens is 1. The van der Waals surface area contributed by atoms with Gasteiger partial charge in [0.25, 0.3) is 0 Å². The Morgan fingerprint density at radius 2 is 1.66 bits per heavy atom. The Hall–Kier alpha value is -3.73. The van der Waals surface area contributed by atoms with E-state index >= 15 is 0 Å². The van der Waals surface area contributed by atoms with Gasteiger partial charge in [-0.3, -0.25) is 0 Å². The molecule has 0 radical (unpaired) electrons. The standard InChI is InChI=1S/C24H19FN4/c25-20-10-6-9-19(15-20)24-26-13-14-28(24)17-23-27-21-11-4-5-12-22(21)29(23)16-18-7-2-1-3-8-18/h1-15H,16-17H2. The summed E-state index contributed by atoms with van der Waals surface area (Å²) in [4.78, 5) is 9.33. The monoisotopic (exact) mass is 382 g/mol. The van der Waals surface area contributed by atoms with E-state index in [0.717, 1.165) is 34.8 Å². The fourth-order valence-electron chi connectivity index (χ4n) is 3.67. The molecule has 29 heavy (non-hydrogen) atoms.